The first-order valence-electron chi connectivity index (χ1n) is 7.13. The monoisotopic (exact) mass is 380 g/mol. The van der Waals surface area contributed by atoms with Crippen molar-refractivity contribution in [2.24, 2.45) is 0 Å². The highest BCUT2D eigenvalue weighted by Gasteiger charge is 2.12. The third-order valence-electron chi connectivity index (χ3n) is 3.48. The molecule has 4 nitrogen and oxygen atoms in total. The number of sulfone groups is 1. The van der Waals surface area contributed by atoms with Crippen LogP contribution >= 0.6 is 23.2 Å². The van der Waals surface area contributed by atoms with Crippen molar-refractivity contribution in [3.05, 3.63) is 68.8 Å². The van der Waals surface area contributed by atoms with Gasteiger partial charge in [0.05, 0.1) is 11.0 Å². The van der Waals surface area contributed by atoms with Crippen molar-refractivity contribution in [1.82, 2.24) is 9.97 Å². The zero-order chi connectivity index (χ0) is 17.3. The Morgan fingerprint density at radius 2 is 1.96 bits per heavy atom. The fraction of sp³-hybridized carbons (Fsp3) is 0.118. The first kappa shape index (κ1) is 17.0. The van der Waals surface area contributed by atoms with Crippen molar-refractivity contribution in [3.8, 4) is 0 Å². The van der Waals surface area contributed by atoms with Crippen LogP contribution in [0, 0.1) is 6.92 Å². The van der Waals surface area contributed by atoms with Crippen molar-refractivity contribution in [3.63, 3.8) is 0 Å². The molecule has 124 valence electrons. The second-order valence-electron chi connectivity index (χ2n) is 5.46. The standard InChI is InChI=1S/C17H14Cl2N2O2S/c1-11-8-12(2-4-14(11)19)6-7-24(22,23)10-17-20-15-5-3-13(18)9-16(15)21-17/h2-9H,10H2,1H3,(H,20,21)/b7-6+. The number of benzene rings is 2. The highest BCUT2D eigenvalue weighted by Crippen LogP contribution is 2.20. The number of aryl methyl sites for hydroxylation is 1. The fourth-order valence-electron chi connectivity index (χ4n) is 2.30. The molecule has 1 N–H and O–H groups in total. The number of hydrogen-bond donors (Lipinski definition) is 1. The number of halogens is 2. The summed E-state index contributed by atoms with van der Waals surface area (Å²) in [6, 6.07) is 10.5. The first-order chi connectivity index (χ1) is 11.3. The topological polar surface area (TPSA) is 62.8 Å². The van der Waals surface area contributed by atoms with Gasteiger partial charge in [-0.15, -0.1) is 0 Å². The summed E-state index contributed by atoms with van der Waals surface area (Å²) in [5.41, 5.74) is 3.06. The lowest BCUT2D eigenvalue weighted by atomic mass is 10.1. The smallest absolute Gasteiger partial charge is 0.178 e. The number of imidazole rings is 1. The van der Waals surface area contributed by atoms with Gasteiger partial charge in [-0.2, -0.15) is 0 Å². The summed E-state index contributed by atoms with van der Waals surface area (Å²) >= 11 is 11.9. The summed E-state index contributed by atoms with van der Waals surface area (Å²) < 4.78 is 24.5. The van der Waals surface area contributed by atoms with E-state index < -0.39 is 9.84 Å². The molecule has 0 fully saturated rings. The molecule has 0 unspecified atom stereocenters. The molecular formula is C17H14Cl2N2O2S. The van der Waals surface area contributed by atoms with Gasteiger partial charge >= 0.3 is 0 Å². The molecule has 0 radical (unpaired) electrons. The molecule has 0 amide bonds. The number of aromatic amines is 1. The summed E-state index contributed by atoms with van der Waals surface area (Å²) in [7, 11) is -3.45. The van der Waals surface area contributed by atoms with E-state index in [2.05, 4.69) is 9.97 Å². The normalized spacial score (nSPS) is 12.3. The van der Waals surface area contributed by atoms with Crippen LogP contribution in [0.15, 0.2) is 41.8 Å². The van der Waals surface area contributed by atoms with Crippen molar-refractivity contribution < 1.29 is 8.42 Å². The SMILES string of the molecule is Cc1cc(/C=C/S(=O)(=O)Cc2nc3ccc(Cl)cc3[nH]2)ccc1Cl. The number of hydrogen-bond acceptors (Lipinski definition) is 3. The minimum Gasteiger partial charge on any atom is -0.341 e. The number of nitrogens with zero attached hydrogens (tertiary/aromatic N) is 1. The second-order valence-corrected chi connectivity index (χ2v) is 8.19. The van der Waals surface area contributed by atoms with Crippen LogP contribution in [0.2, 0.25) is 10.0 Å². The third-order valence-corrected chi connectivity index (χ3v) is 5.37. The van der Waals surface area contributed by atoms with Crippen molar-refractivity contribution in [2.75, 3.05) is 0 Å². The van der Waals surface area contributed by atoms with Crippen molar-refractivity contribution >= 4 is 50.1 Å². The van der Waals surface area contributed by atoms with Crippen LogP contribution in [0.25, 0.3) is 17.1 Å². The Bertz CT molecular complexity index is 1040. The van der Waals surface area contributed by atoms with Crippen LogP contribution in [0.1, 0.15) is 17.0 Å². The van der Waals surface area contributed by atoms with E-state index in [1.807, 2.05) is 13.0 Å². The van der Waals surface area contributed by atoms with Gasteiger partial charge in [0.1, 0.15) is 11.6 Å². The van der Waals surface area contributed by atoms with E-state index in [0.29, 0.717) is 26.9 Å². The van der Waals surface area contributed by atoms with Crippen LogP contribution in [0.5, 0.6) is 0 Å². The molecule has 1 aromatic heterocycles. The van der Waals surface area contributed by atoms with Crippen LogP contribution in [-0.2, 0) is 15.6 Å². The molecule has 3 rings (SSSR count). The zero-order valence-corrected chi connectivity index (χ0v) is 15.1. The number of nitrogens with one attached hydrogen (secondary N) is 1. The van der Waals surface area contributed by atoms with Gasteiger partial charge in [0.15, 0.2) is 9.84 Å². The molecular weight excluding hydrogens is 367 g/mol. The number of rotatable bonds is 4. The molecule has 0 saturated carbocycles. The van der Waals surface area contributed by atoms with Gasteiger partial charge in [-0.05, 0) is 48.4 Å². The van der Waals surface area contributed by atoms with Gasteiger partial charge in [-0.25, -0.2) is 13.4 Å². The summed E-state index contributed by atoms with van der Waals surface area (Å²) in [6.07, 6.45) is 1.55. The van der Waals surface area contributed by atoms with Crippen molar-refractivity contribution in [2.45, 2.75) is 12.7 Å². The predicted octanol–water partition coefficient (Wildman–Crippen LogP) is 4.76. The molecule has 0 aliphatic carbocycles. The van der Waals surface area contributed by atoms with Crippen LogP contribution < -0.4 is 0 Å². The molecule has 24 heavy (non-hydrogen) atoms. The lowest BCUT2D eigenvalue weighted by Crippen LogP contribution is -2.01. The summed E-state index contributed by atoms with van der Waals surface area (Å²) in [5.74, 6) is 0.173. The minimum absolute atomic E-state index is 0.206. The molecule has 0 aliphatic rings. The summed E-state index contributed by atoms with van der Waals surface area (Å²) in [5, 5.41) is 2.41. The van der Waals surface area contributed by atoms with E-state index in [0.717, 1.165) is 11.1 Å². The Labute approximate surface area is 150 Å². The maximum Gasteiger partial charge on any atom is 0.178 e. The van der Waals surface area contributed by atoms with Gasteiger partial charge in [0.2, 0.25) is 0 Å². The molecule has 0 saturated heterocycles. The van der Waals surface area contributed by atoms with E-state index in [-0.39, 0.29) is 5.75 Å². The fourth-order valence-corrected chi connectivity index (χ4v) is 3.56. The number of aromatic nitrogens is 2. The predicted molar refractivity (Wildman–Crippen MR) is 99.0 cm³/mol. The summed E-state index contributed by atoms with van der Waals surface area (Å²) in [6.45, 7) is 1.87. The largest absolute Gasteiger partial charge is 0.341 e. The first-order valence-corrected chi connectivity index (χ1v) is 9.61. The zero-order valence-electron chi connectivity index (χ0n) is 12.8. The van der Waals surface area contributed by atoms with Crippen molar-refractivity contribution in [1.29, 1.82) is 0 Å². The van der Waals surface area contributed by atoms with Crippen LogP contribution in [0.3, 0.4) is 0 Å². The minimum atomic E-state index is -3.45. The van der Waals surface area contributed by atoms with Crippen LogP contribution in [-0.4, -0.2) is 18.4 Å². The number of H-pyrrole nitrogens is 1. The Morgan fingerprint density at radius 1 is 1.17 bits per heavy atom. The van der Waals surface area contributed by atoms with Gasteiger partial charge in [-0.1, -0.05) is 35.3 Å². The quantitative estimate of drug-likeness (QED) is 0.709. The molecule has 0 aliphatic heterocycles. The Kier molecular flexibility index (Phi) is 4.67. The maximum absolute atomic E-state index is 12.3. The molecule has 2 aromatic carbocycles. The maximum atomic E-state index is 12.3. The Balaban J connectivity index is 1.81. The van der Waals surface area contributed by atoms with E-state index in [1.165, 1.54) is 5.41 Å². The molecule has 0 bridgehead atoms. The van der Waals surface area contributed by atoms with E-state index in [1.54, 1.807) is 36.4 Å². The van der Waals surface area contributed by atoms with Gasteiger partial charge in [-0.3, -0.25) is 0 Å². The molecule has 1 heterocycles. The Morgan fingerprint density at radius 3 is 2.71 bits per heavy atom. The van der Waals surface area contributed by atoms with Gasteiger partial charge in [0.25, 0.3) is 0 Å². The summed E-state index contributed by atoms with van der Waals surface area (Å²) in [4.78, 5) is 7.26. The third kappa shape index (κ3) is 3.98. The number of fused-ring (bicyclic) bond motifs is 1. The average Bonchev–Trinajstić information content (AvgIpc) is 2.89. The lowest BCUT2D eigenvalue weighted by molar-refractivity contribution is 0.603. The second kappa shape index (κ2) is 6.59. The van der Waals surface area contributed by atoms with Crippen LogP contribution in [0.4, 0.5) is 0 Å². The van der Waals surface area contributed by atoms with E-state index in [9.17, 15) is 8.42 Å². The molecule has 0 atom stereocenters. The molecule has 3 aromatic rings. The highest BCUT2D eigenvalue weighted by molar-refractivity contribution is 7.93. The lowest BCUT2D eigenvalue weighted by Gasteiger charge is -2.00. The highest BCUT2D eigenvalue weighted by atomic mass is 35.5. The van der Waals surface area contributed by atoms with Gasteiger partial charge in [0, 0.05) is 15.5 Å². The van der Waals surface area contributed by atoms with E-state index in [4.69, 9.17) is 23.2 Å². The molecule has 7 heteroatoms. The van der Waals surface area contributed by atoms with E-state index >= 15 is 0 Å². The van der Waals surface area contributed by atoms with Gasteiger partial charge < -0.3 is 4.98 Å². The molecule has 0 spiro atoms. The average molecular weight is 381 g/mol. The Hall–Kier alpha value is -1.82.